The molecule has 1 saturated heterocycles. The molecule has 1 aliphatic heterocycles. The fourth-order valence-corrected chi connectivity index (χ4v) is 3.95. The largest absolute Gasteiger partial charge is 0.497 e. The Kier molecular flexibility index (Phi) is 6.00. The quantitative estimate of drug-likeness (QED) is 0.350. The van der Waals surface area contributed by atoms with Crippen LogP contribution in [0.4, 0.5) is 17.3 Å². The molecule has 1 aliphatic rings. The van der Waals surface area contributed by atoms with Gasteiger partial charge in [0, 0.05) is 37.9 Å². The molecule has 30 heavy (non-hydrogen) atoms. The molecule has 0 aliphatic carbocycles. The zero-order valence-corrected chi connectivity index (χ0v) is 17.8. The van der Waals surface area contributed by atoms with Crippen LogP contribution in [0.3, 0.4) is 0 Å². The zero-order chi connectivity index (χ0) is 20.9. The number of thioether (sulfide) groups is 1. The maximum Gasteiger partial charge on any atom is 0.259 e. The Bertz CT molecular complexity index is 1040. The van der Waals surface area contributed by atoms with E-state index in [-0.39, 0.29) is 0 Å². The van der Waals surface area contributed by atoms with Gasteiger partial charge in [0.1, 0.15) is 22.4 Å². The van der Waals surface area contributed by atoms with Crippen molar-refractivity contribution >= 4 is 29.1 Å². The Labute approximate surface area is 180 Å². The highest BCUT2D eigenvalue weighted by molar-refractivity contribution is 7.98. The van der Waals surface area contributed by atoms with Gasteiger partial charge in [0.05, 0.1) is 13.7 Å². The SMILES string of the molecule is [C-]#[N+]c1c(SC)nc(-c2ccc(OC)cc2)nc1N1CCN(c2ccccn2)CC1. The number of piperazine rings is 1. The summed E-state index contributed by atoms with van der Waals surface area (Å²) in [5.74, 6) is 3.09. The van der Waals surface area contributed by atoms with E-state index >= 15 is 0 Å². The topological polar surface area (TPSA) is 58.7 Å². The number of hydrogen-bond donors (Lipinski definition) is 0. The molecule has 0 N–H and O–H groups in total. The predicted octanol–water partition coefficient (Wildman–Crippen LogP) is 4.15. The molecule has 0 spiro atoms. The van der Waals surface area contributed by atoms with Gasteiger partial charge in [0.2, 0.25) is 0 Å². The second-order valence-corrected chi connectivity index (χ2v) is 7.53. The first kappa shape index (κ1) is 20.0. The monoisotopic (exact) mass is 418 g/mol. The van der Waals surface area contributed by atoms with Crippen molar-refractivity contribution in [1.82, 2.24) is 15.0 Å². The summed E-state index contributed by atoms with van der Waals surface area (Å²) in [6, 6.07) is 13.6. The van der Waals surface area contributed by atoms with E-state index in [1.54, 1.807) is 7.11 Å². The molecule has 0 bridgehead atoms. The van der Waals surface area contributed by atoms with Crippen LogP contribution >= 0.6 is 11.8 Å². The fourth-order valence-electron chi connectivity index (χ4n) is 3.44. The van der Waals surface area contributed by atoms with Crippen molar-refractivity contribution in [3.05, 3.63) is 60.1 Å². The van der Waals surface area contributed by atoms with Crippen LogP contribution in [0, 0.1) is 6.57 Å². The normalized spacial score (nSPS) is 13.8. The number of pyridine rings is 1. The van der Waals surface area contributed by atoms with Gasteiger partial charge in [0.25, 0.3) is 5.69 Å². The number of nitrogens with zero attached hydrogens (tertiary/aromatic N) is 6. The number of methoxy groups -OCH3 is 1. The van der Waals surface area contributed by atoms with Crippen LogP contribution in [0.25, 0.3) is 16.2 Å². The minimum absolute atomic E-state index is 0.519. The van der Waals surface area contributed by atoms with Gasteiger partial charge in [-0.3, -0.25) is 0 Å². The van der Waals surface area contributed by atoms with Crippen LogP contribution in [0.2, 0.25) is 0 Å². The smallest absolute Gasteiger partial charge is 0.259 e. The Morgan fingerprint density at radius 2 is 1.73 bits per heavy atom. The molecule has 152 valence electrons. The van der Waals surface area contributed by atoms with Crippen molar-refractivity contribution < 1.29 is 4.74 Å². The summed E-state index contributed by atoms with van der Waals surface area (Å²) in [5, 5.41) is 0.702. The highest BCUT2D eigenvalue weighted by Crippen LogP contribution is 2.37. The molecule has 0 unspecified atom stereocenters. The summed E-state index contributed by atoms with van der Waals surface area (Å²) in [7, 11) is 1.64. The predicted molar refractivity (Wildman–Crippen MR) is 121 cm³/mol. The van der Waals surface area contributed by atoms with Gasteiger partial charge in [-0.2, -0.15) is 0 Å². The van der Waals surface area contributed by atoms with E-state index in [9.17, 15) is 0 Å². The number of benzene rings is 1. The summed E-state index contributed by atoms with van der Waals surface area (Å²) in [5.41, 5.74) is 1.42. The molecule has 3 heterocycles. The standard InChI is InChI=1S/C22H22N6OS/c1-23-19-21(28-14-12-27(13-15-28)18-6-4-5-11-24-18)25-20(26-22(19)30-3)16-7-9-17(29-2)10-8-16/h4-11H,12-15H2,2-3H3. The molecule has 0 atom stereocenters. The summed E-state index contributed by atoms with van der Waals surface area (Å²) >= 11 is 1.48. The number of hydrogen-bond acceptors (Lipinski definition) is 7. The van der Waals surface area contributed by atoms with Crippen molar-refractivity contribution in [2.45, 2.75) is 5.03 Å². The third kappa shape index (κ3) is 4.02. The first-order chi connectivity index (χ1) is 14.7. The highest BCUT2D eigenvalue weighted by atomic mass is 32.2. The maximum absolute atomic E-state index is 7.72. The molecular formula is C22H22N6OS. The average Bonchev–Trinajstić information content (AvgIpc) is 2.84. The van der Waals surface area contributed by atoms with Crippen LogP contribution in [0.5, 0.6) is 5.75 Å². The van der Waals surface area contributed by atoms with Gasteiger partial charge in [-0.1, -0.05) is 6.07 Å². The van der Waals surface area contributed by atoms with Crippen LogP contribution < -0.4 is 14.5 Å². The van der Waals surface area contributed by atoms with E-state index < -0.39 is 0 Å². The minimum atomic E-state index is 0.519. The van der Waals surface area contributed by atoms with E-state index in [1.165, 1.54) is 11.8 Å². The molecule has 0 amide bonds. The Hall–Kier alpha value is -3.31. The third-order valence-electron chi connectivity index (χ3n) is 5.04. The Balaban J connectivity index is 1.64. The average molecular weight is 419 g/mol. The molecule has 0 saturated carbocycles. The van der Waals surface area contributed by atoms with Crippen molar-refractivity contribution in [3.63, 3.8) is 0 Å². The highest BCUT2D eigenvalue weighted by Gasteiger charge is 2.24. The van der Waals surface area contributed by atoms with E-state index in [0.29, 0.717) is 22.4 Å². The molecule has 1 fully saturated rings. The molecule has 3 aromatic rings. The van der Waals surface area contributed by atoms with E-state index in [2.05, 4.69) is 24.6 Å². The van der Waals surface area contributed by atoms with Gasteiger partial charge in [-0.15, -0.1) is 11.8 Å². The molecule has 1 aromatic carbocycles. The van der Waals surface area contributed by atoms with Crippen LogP contribution in [-0.2, 0) is 0 Å². The first-order valence-corrected chi connectivity index (χ1v) is 10.8. The minimum Gasteiger partial charge on any atom is -0.497 e. The zero-order valence-electron chi connectivity index (χ0n) is 16.9. The molecule has 4 rings (SSSR count). The Morgan fingerprint density at radius 1 is 1.00 bits per heavy atom. The second kappa shape index (κ2) is 9.01. The van der Waals surface area contributed by atoms with E-state index in [0.717, 1.165) is 43.3 Å². The van der Waals surface area contributed by atoms with Gasteiger partial charge < -0.3 is 14.5 Å². The molecule has 7 nitrogen and oxygen atoms in total. The van der Waals surface area contributed by atoms with Crippen molar-refractivity contribution in [2.75, 3.05) is 49.3 Å². The summed E-state index contributed by atoms with van der Waals surface area (Å²) in [4.78, 5) is 22.1. The number of aromatic nitrogens is 3. The van der Waals surface area contributed by atoms with Gasteiger partial charge >= 0.3 is 0 Å². The molecule has 8 heteroatoms. The van der Waals surface area contributed by atoms with Crippen molar-refractivity contribution in [3.8, 4) is 17.1 Å². The summed E-state index contributed by atoms with van der Waals surface area (Å²) < 4.78 is 5.25. The number of ether oxygens (including phenoxy) is 1. The van der Waals surface area contributed by atoms with Gasteiger partial charge in [-0.05, 0) is 42.7 Å². The lowest BCUT2D eigenvalue weighted by Gasteiger charge is -2.36. The van der Waals surface area contributed by atoms with Crippen molar-refractivity contribution in [1.29, 1.82) is 0 Å². The van der Waals surface area contributed by atoms with Gasteiger partial charge in [0.15, 0.2) is 5.82 Å². The third-order valence-corrected chi connectivity index (χ3v) is 5.71. The number of rotatable bonds is 5. The lowest BCUT2D eigenvalue weighted by molar-refractivity contribution is 0.415. The van der Waals surface area contributed by atoms with Crippen LogP contribution in [0.15, 0.2) is 53.7 Å². The van der Waals surface area contributed by atoms with E-state index in [4.69, 9.17) is 16.3 Å². The fraction of sp³-hybridized carbons (Fsp3) is 0.273. The Morgan fingerprint density at radius 3 is 2.33 bits per heavy atom. The number of anilines is 2. The van der Waals surface area contributed by atoms with Crippen molar-refractivity contribution in [2.24, 2.45) is 0 Å². The molecule has 2 aromatic heterocycles. The summed E-state index contributed by atoms with van der Waals surface area (Å²) in [6.07, 6.45) is 3.76. The van der Waals surface area contributed by atoms with Crippen LogP contribution in [-0.4, -0.2) is 54.5 Å². The van der Waals surface area contributed by atoms with Gasteiger partial charge in [-0.25, -0.2) is 19.8 Å². The first-order valence-electron chi connectivity index (χ1n) is 9.62. The van der Waals surface area contributed by atoms with E-state index in [1.807, 2.05) is 54.9 Å². The molecule has 0 radical (unpaired) electrons. The molecular weight excluding hydrogens is 396 g/mol. The summed E-state index contributed by atoms with van der Waals surface area (Å²) in [6.45, 7) is 10.9. The van der Waals surface area contributed by atoms with Crippen LogP contribution in [0.1, 0.15) is 0 Å². The lowest BCUT2D eigenvalue weighted by atomic mass is 10.2. The lowest BCUT2D eigenvalue weighted by Crippen LogP contribution is -2.47. The second-order valence-electron chi connectivity index (χ2n) is 6.73. The maximum atomic E-state index is 7.72.